The van der Waals surface area contributed by atoms with Crippen LogP contribution in [0.25, 0.3) is 0 Å². The minimum absolute atomic E-state index is 0.0403. The molecule has 0 fully saturated rings. The number of rotatable bonds is 4. The summed E-state index contributed by atoms with van der Waals surface area (Å²) in [6, 6.07) is 3.62. The summed E-state index contributed by atoms with van der Waals surface area (Å²) in [7, 11) is 1.55. The van der Waals surface area contributed by atoms with Gasteiger partial charge in [0.1, 0.15) is 5.02 Å². The number of nitrogens with one attached hydrogen (secondary N) is 2. The van der Waals surface area contributed by atoms with Gasteiger partial charge < -0.3 is 15.0 Å². The maximum absolute atomic E-state index is 11.3. The minimum Gasteiger partial charge on any atom is -0.481 e. The lowest BCUT2D eigenvalue weighted by Gasteiger charge is -2.07. The van der Waals surface area contributed by atoms with Gasteiger partial charge in [0.25, 0.3) is 5.56 Å². The Labute approximate surface area is 108 Å². The Kier molecular flexibility index (Phi) is 3.78. The second-order valence-electron chi connectivity index (χ2n) is 3.45. The van der Waals surface area contributed by atoms with Crippen molar-refractivity contribution in [2.24, 2.45) is 0 Å². The maximum atomic E-state index is 11.3. The van der Waals surface area contributed by atoms with Crippen molar-refractivity contribution in [2.75, 3.05) is 12.4 Å². The van der Waals surface area contributed by atoms with Crippen LogP contribution in [-0.4, -0.2) is 22.1 Å². The van der Waals surface area contributed by atoms with Crippen LogP contribution in [0.5, 0.6) is 5.88 Å². The number of aromatic amines is 1. The number of ether oxygens (including phenoxy) is 1. The molecule has 2 aromatic heterocycles. The highest BCUT2D eigenvalue weighted by Gasteiger charge is 2.05. The first-order valence-electron chi connectivity index (χ1n) is 5.16. The van der Waals surface area contributed by atoms with Gasteiger partial charge in [-0.05, 0) is 11.6 Å². The van der Waals surface area contributed by atoms with E-state index in [1.54, 1.807) is 19.4 Å². The molecule has 0 aliphatic rings. The summed E-state index contributed by atoms with van der Waals surface area (Å²) in [6.45, 7) is 0.467. The van der Waals surface area contributed by atoms with E-state index in [1.165, 1.54) is 6.33 Å². The molecule has 0 radical (unpaired) electrons. The number of nitrogens with zero attached hydrogens (tertiary/aromatic N) is 2. The first-order chi connectivity index (χ1) is 8.70. The predicted molar refractivity (Wildman–Crippen MR) is 68.0 cm³/mol. The Bertz CT molecular complexity index is 600. The van der Waals surface area contributed by atoms with Gasteiger partial charge in [-0.25, -0.2) is 9.97 Å². The van der Waals surface area contributed by atoms with Gasteiger partial charge in [0, 0.05) is 18.8 Å². The molecule has 0 spiro atoms. The quantitative estimate of drug-likeness (QED) is 0.875. The SMILES string of the molecule is COc1cc(CNc2nc[nH]c(=O)c2Cl)ccn1. The molecule has 2 N–H and O–H groups in total. The van der Waals surface area contributed by atoms with Crippen LogP contribution in [0.15, 0.2) is 29.5 Å². The number of anilines is 1. The molecule has 0 saturated carbocycles. The fourth-order valence-corrected chi connectivity index (χ4v) is 1.53. The van der Waals surface area contributed by atoms with Crippen LogP contribution >= 0.6 is 11.6 Å². The molecule has 2 rings (SSSR count). The number of H-pyrrole nitrogens is 1. The number of aromatic nitrogens is 3. The summed E-state index contributed by atoms with van der Waals surface area (Å²) in [5.74, 6) is 0.871. The number of halogens is 1. The Morgan fingerprint density at radius 2 is 2.33 bits per heavy atom. The first kappa shape index (κ1) is 12.4. The third-order valence-electron chi connectivity index (χ3n) is 2.26. The molecule has 0 bridgehead atoms. The average molecular weight is 267 g/mol. The van der Waals surface area contributed by atoms with Gasteiger partial charge in [-0.1, -0.05) is 11.6 Å². The van der Waals surface area contributed by atoms with E-state index in [0.717, 1.165) is 5.56 Å². The lowest BCUT2D eigenvalue weighted by molar-refractivity contribution is 0.397. The highest BCUT2D eigenvalue weighted by Crippen LogP contribution is 2.14. The normalized spacial score (nSPS) is 10.1. The molecule has 0 atom stereocenters. The second-order valence-corrected chi connectivity index (χ2v) is 3.83. The second kappa shape index (κ2) is 5.50. The molecule has 0 unspecified atom stereocenters. The van der Waals surface area contributed by atoms with Gasteiger partial charge in [-0.15, -0.1) is 0 Å². The molecule has 0 aromatic carbocycles. The van der Waals surface area contributed by atoms with Crippen molar-refractivity contribution in [3.05, 3.63) is 45.6 Å². The first-order valence-corrected chi connectivity index (χ1v) is 5.54. The van der Waals surface area contributed by atoms with Gasteiger partial charge in [0.05, 0.1) is 13.4 Å². The van der Waals surface area contributed by atoms with Gasteiger partial charge in [0.15, 0.2) is 5.82 Å². The van der Waals surface area contributed by atoms with E-state index in [-0.39, 0.29) is 10.6 Å². The van der Waals surface area contributed by atoms with Crippen LogP contribution in [0.4, 0.5) is 5.82 Å². The summed E-state index contributed by atoms with van der Waals surface area (Å²) in [6.07, 6.45) is 2.94. The van der Waals surface area contributed by atoms with E-state index in [1.807, 2.05) is 6.07 Å². The van der Waals surface area contributed by atoms with Crippen LogP contribution in [0.3, 0.4) is 0 Å². The lowest BCUT2D eigenvalue weighted by Crippen LogP contribution is -2.11. The summed E-state index contributed by atoms with van der Waals surface area (Å²) in [4.78, 5) is 21.6. The molecule has 0 amide bonds. The summed E-state index contributed by atoms with van der Waals surface area (Å²) in [5, 5.41) is 3.02. The highest BCUT2D eigenvalue weighted by molar-refractivity contribution is 6.32. The van der Waals surface area contributed by atoms with Crippen molar-refractivity contribution >= 4 is 17.4 Å². The van der Waals surface area contributed by atoms with E-state index < -0.39 is 0 Å². The van der Waals surface area contributed by atoms with Crippen LogP contribution in [0.1, 0.15) is 5.56 Å². The Morgan fingerprint density at radius 1 is 1.50 bits per heavy atom. The van der Waals surface area contributed by atoms with E-state index in [9.17, 15) is 4.79 Å². The van der Waals surface area contributed by atoms with Crippen LogP contribution in [0.2, 0.25) is 5.02 Å². The van der Waals surface area contributed by atoms with E-state index in [0.29, 0.717) is 18.2 Å². The van der Waals surface area contributed by atoms with Crippen molar-refractivity contribution in [3.63, 3.8) is 0 Å². The zero-order valence-corrected chi connectivity index (χ0v) is 10.4. The smallest absolute Gasteiger partial charge is 0.271 e. The largest absolute Gasteiger partial charge is 0.481 e. The van der Waals surface area contributed by atoms with Crippen molar-refractivity contribution in [1.29, 1.82) is 0 Å². The zero-order valence-electron chi connectivity index (χ0n) is 9.61. The fourth-order valence-electron chi connectivity index (χ4n) is 1.36. The van der Waals surface area contributed by atoms with Gasteiger partial charge >= 0.3 is 0 Å². The van der Waals surface area contributed by atoms with Crippen molar-refractivity contribution in [3.8, 4) is 5.88 Å². The number of pyridine rings is 1. The summed E-state index contributed by atoms with van der Waals surface area (Å²) in [5.41, 5.74) is 0.571. The molecule has 0 aliphatic carbocycles. The summed E-state index contributed by atoms with van der Waals surface area (Å²) >= 11 is 5.81. The van der Waals surface area contributed by atoms with E-state index in [4.69, 9.17) is 16.3 Å². The minimum atomic E-state index is -0.374. The Balaban J connectivity index is 2.11. The van der Waals surface area contributed by atoms with Crippen molar-refractivity contribution in [2.45, 2.75) is 6.54 Å². The number of hydrogen-bond donors (Lipinski definition) is 2. The highest BCUT2D eigenvalue weighted by atomic mass is 35.5. The molecule has 6 nitrogen and oxygen atoms in total. The fraction of sp³-hybridized carbons (Fsp3) is 0.182. The Hall–Kier alpha value is -2.08. The topological polar surface area (TPSA) is 79.9 Å². The maximum Gasteiger partial charge on any atom is 0.271 e. The van der Waals surface area contributed by atoms with E-state index >= 15 is 0 Å². The molecule has 0 aliphatic heterocycles. The standard InChI is InChI=1S/C11H11ClN4O2/c1-18-8-4-7(2-3-13-8)5-14-10-9(12)11(17)16-6-15-10/h2-4,6H,5H2,1H3,(H2,14,15,16,17). The number of methoxy groups -OCH3 is 1. The summed E-state index contributed by atoms with van der Waals surface area (Å²) < 4.78 is 5.01. The molecule has 2 aromatic rings. The van der Waals surface area contributed by atoms with Gasteiger partial charge in [0.2, 0.25) is 5.88 Å². The zero-order chi connectivity index (χ0) is 13.0. The van der Waals surface area contributed by atoms with Crippen molar-refractivity contribution in [1.82, 2.24) is 15.0 Å². The molecule has 0 saturated heterocycles. The predicted octanol–water partition coefficient (Wildman–Crippen LogP) is 1.44. The molecule has 18 heavy (non-hydrogen) atoms. The van der Waals surface area contributed by atoms with Crippen LogP contribution < -0.4 is 15.6 Å². The monoisotopic (exact) mass is 266 g/mol. The van der Waals surface area contributed by atoms with Crippen molar-refractivity contribution < 1.29 is 4.74 Å². The molecule has 2 heterocycles. The van der Waals surface area contributed by atoms with Crippen LogP contribution in [-0.2, 0) is 6.54 Å². The number of hydrogen-bond acceptors (Lipinski definition) is 5. The van der Waals surface area contributed by atoms with E-state index in [2.05, 4.69) is 20.3 Å². The molecular weight excluding hydrogens is 256 g/mol. The third-order valence-corrected chi connectivity index (χ3v) is 2.62. The molecule has 94 valence electrons. The molecule has 7 heteroatoms. The van der Waals surface area contributed by atoms with Gasteiger partial charge in [-0.3, -0.25) is 4.79 Å². The van der Waals surface area contributed by atoms with Gasteiger partial charge in [-0.2, -0.15) is 0 Å². The molecular formula is C11H11ClN4O2. The lowest BCUT2D eigenvalue weighted by atomic mass is 10.2. The average Bonchev–Trinajstić information content (AvgIpc) is 2.41. The van der Waals surface area contributed by atoms with Crippen LogP contribution in [0, 0.1) is 0 Å². The third kappa shape index (κ3) is 2.78. The Morgan fingerprint density at radius 3 is 3.11 bits per heavy atom.